The number of halogens is 1. The van der Waals surface area contributed by atoms with Crippen LogP contribution in [-0.2, 0) is 16.0 Å². The monoisotopic (exact) mass is 482 g/mol. The normalized spacial score (nSPS) is 12.1. The van der Waals surface area contributed by atoms with Crippen LogP contribution in [-0.4, -0.2) is 36.4 Å². The first-order valence-corrected chi connectivity index (χ1v) is 10.9. The number of benzene rings is 3. The number of carbonyl (C=O) groups excluding carboxylic acids is 2. The highest BCUT2D eigenvalue weighted by atomic mass is 35.5. The minimum atomic E-state index is -0.778. The highest BCUT2D eigenvalue weighted by molar-refractivity contribution is 5.99. The summed E-state index contributed by atoms with van der Waals surface area (Å²) in [7, 11) is 0. The molecule has 8 N–H and O–H groups in total. The van der Waals surface area contributed by atoms with E-state index in [1.54, 1.807) is 0 Å². The van der Waals surface area contributed by atoms with Crippen LogP contribution < -0.4 is 27.8 Å². The third-order valence-electron chi connectivity index (χ3n) is 5.23. The molecule has 0 aliphatic rings. The Labute approximate surface area is 205 Å². The Hall–Kier alpha value is -3.62. The van der Waals surface area contributed by atoms with E-state index in [-0.39, 0.29) is 30.2 Å². The third kappa shape index (κ3) is 8.06. The van der Waals surface area contributed by atoms with Crippen LogP contribution in [0.2, 0.25) is 0 Å². The molecule has 0 aliphatic carbocycles. The molecule has 0 aromatic heterocycles. The SMILES string of the molecule is Cl.NC(N)=NCCCC(NC(=O)C(N)Cc1ccccc1)C(=O)Nc1ccc2ccccc2c1. The molecule has 34 heavy (non-hydrogen) atoms. The molecule has 0 saturated heterocycles. The maximum Gasteiger partial charge on any atom is 0.246 e. The fraction of sp³-hybridized carbons (Fsp3) is 0.240. The first-order chi connectivity index (χ1) is 15.9. The molecule has 2 unspecified atom stereocenters. The second-order valence-electron chi connectivity index (χ2n) is 7.86. The highest BCUT2D eigenvalue weighted by Crippen LogP contribution is 2.19. The summed E-state index contributed by atoms with van der Waals surface area (Å²) < 4.78 is 0. The second kappa shape index (κ2) is 13.2. The van der Waals surface area contributed by atoms with Crippen molar-refractivity contribution in [2.75, 3.05) is 11.9 Å². The van der Waals surface area contributed by atoms with Gasteiger partial charge in [0.1, 0.15) is 6.04 Å². The predicted octanol–water partition coefficient (Wildman–Crippen LogP) is 2.31. The van der Waals surface area contributed by atoms with Crippen LogP contribution in [0.4, 0.5) is 5.69 Å². The highest BCUT2D eigenvalue weighted by Gasteiger charge is 2.24. The predicted molar refractivity (Wildman–Crippen MR) is 140 cm³/mol. The number of carbonyl (C=O) groups is 2. The summed E-state index contributed by atoms with van der Waals surface area (Å²) in [6.07, 6.45) is 1.25. The summed E-state index contributed by atoms with van der Waals surface area (Å²) in [6.45, 7) is 0.355. The summed E-state index contributed by atoms with van der Waals surface area (Å²) in [4.78, 5) is 29.7. The maximum atomic E-state index is 13.0. The lowest BCUT2D eigenvalue weighted by atomic mass is 10.0. The zero-order valence-corrected chi connectivity index (χ0v) is 19.6. The van der Waals surface area contributed by atoms with Crippen molar-refractivity contribution in [3.63, 3.8) is 0 Å². The molecule has 180 valence electrons. The number of rotatable bonds is 10. The minimum absolute atomic E-state index is 0. The Balaban J connectivity index is 0.00000408. The third-order valence-corrected chi connectivity index (χ3v) is 5.23. The van der Waals surface area contributed by atoms with Gasteiger partial charge in [-0.05, 0) is 47.7 Å². The van der Waals surface area contributed by atoms with Crippen LogP contribution >= 0.6 is 12.4 Å². The Morgan fingerprint density at radius 2 is 1.56 bits per heavy atom. The number of amides is 2. The lowest BCUT2D eigenvalue weighted by molar-refractivity contribution is -0.127. The van der Waals surface area contributed by atoms with Gasteiger partial charge in [-0.15, -0.1) is 12.4 Å². The number of nitrogens with one attached hydrogen (secondary N) is 2. The zero-order valence-electron chi connectivity index (χ0n) is 18.8. The van der Waals surface area contributed by atoms with Crippen molar-refractivity contribution in [2.45, 2.75) is 31.3 Å². The van der Waals surface area contributed by atoms with E-state index in [0.29, 0.717) is 31.5 Å². The molecule has 0 saturated carbocycles. The van der Waals surface area contributed by atoms with Crippen LogP contribution in [0.15, 0.2) is 77.8 Å². The molecule has 2 atom stereocenters. The summed E-state index contributed by atoms with van der Waals surface area (Å²) in [5.41, 5.74) is 18.5. The fourth-order valence-corrected chi connectivity index (χ4v) is 3.51. The molecule has 0 radical (unpaired) electrons. The first kappa shape index (κ1) is 26.6. The Kier molecular flexibility index (Phi) is 10.3. The summed E-state index contributed by atoms with van der Waals surface area (Å²) in [5, 5.41) is 7.78. The van der Waals surface area contributed by atoms with Crippen LogP contribution in [0.3, 0.4) is 0 Å². The molecule has 0 heterocycles. The number of fused-ring (bicyclic) bond motifs is 1. The molecule has 0 aliphatic heterocycles. The average Bonchev–Trinajstić information content (AvgIpc) is 2.81. The van der Waals surface area contributed by atoms with Crippen LogP contribution in [0.1, 0.15) is 18.4 Å². The van der Waals surface area contributed by atoms with E-state index >= 15 is 0 Å². The van der Waals surface area contributed by atoms with Gasteiger partial charge in [0, 0.05) is 12.2 Å². The Bertz CT molecular complexity index is 1120. The molecule has 3 aromatic rings. The van der Waals surface area contributed by atoms with Gasteiger partial charge in [-0.2, -0.15) is 0 Å². The van der Waals surface area contributed by atoms with Gasteiger partial charge in [0.25, 0.3) is 0 Å². The number of aliphatic imine (C=N–C) groups is 1. The van der Waals surface area contributed by atoms with Crippen molar-refractivity contribution in [3.05, 3.63) is 78.4 Å². The van der Waals surface area contributed by atoms with Gasteiger partial charge in [0.05, 0.1) is 6.04 Å². The van der Waals surface area contributed by atoms with Gasteiger partial charge in [-0.25, -0.2) is 0 Å². The summed E-state index contributed by atoms with van der Waals surface area (Å²) in [6, 6.07) is 21.5. The maximum absolute atomic E-state index is 13.0. The van der Waals surface area contributed by atoms with Gasteiger partial charge in [-0.1, -0.05) is 60.7 Å². The van der Waals surface area contributed by atoms with Gasteiger partial charge >= 0.3 is 0 Å². The van der Waals surface area contributed by atoms with Crippen LogP contribution in [0, 0.1) is 0 Å². The molecule has 8 nitrogen and oxygen atoms in total. The van der Waals surface area contributed by atoms with Crippen molar-refractivity contribution in [1.82, 2.24) is 5.32 Å². The molecular formula is C25H31ClN6O2. The number of anilines is 1. The van der Waals surface area contributed by atoms with Crippen molar-refractivity contribution in [1.29, 1.82) is 0 Å². The van der Waals surface area contributed by atoms with Crippen molar-refractivity contribution < 1.29 is 9.59 Å². The van der Waals surface area contributed by atoms with Crippen LogP contribution in [0.25, 0.3) is 10.8 Å². The van der Waals surface area contributed by atoms with Crippen molar-refractivity contribution in [2.24, 2.45) is 22.2 Å². The van der Waals surface area contributed by atoms with Gasteiger partial charge < -0.3 is 27.8 Å². The zero-order chi connectivity index (χ0) is 23.6. The van der Waals surface area contributed by atoms with Gasteiger partial charge in [0.2, 0.25) is 11.8 Å². The number of guanidine groups is 1. The van der Waals surface area contributed by atoms with E-state index in [4.69, 9.17) is 17.2 Å². The van der Waals surface area contributed by atoms with Crippen molar-refractivity contribution in [3.8, 4) is 0 Å². The number of nitrogens with two attached hydrogens (primary N) is 3. The molecule has 2 amide bonds. The summed E-state index contributed by atoms with van der Waals surface area (Å²) in [5.74, 6) is -0.726. The molecular weight excluding hydrogens is 452 g/mol. The minimum Gasteiger partial charge on any atom is -0.370 e. The number of nitrogens with zero attached hydrogens (tertiary/aromatic N) is 1. The van der Waals surface area contributed by atoms with E-state index in [9.17, 15) is 9.59 Å². The standard InChI is InChI=1S/C25H30N6O2.ClH/c26-21(15-17-7-2-1-3-8-17)23(32)31-22(11-6-14-29-25(27)28)24(33)30-20-13-12-18-9-4-5-10-19(18)16-20;/h1-5,7-10,12-13,16,21-22H,6,11,14-15,26H2,(H,30,33)(H,31,32)(H4,27,28,29);1H. The number of hydrogen-bond acceptors (Lipinski definition) is 4. The second-order valence-corrected chi connectivity index (χ2v) is 7.86. The molecule has 3 aromatic carbocycles. The topological polar surface area (TPSA) is 149 Å². The van der Waals surface area contributed by atoms with E-state index in [0.717, 1.165) is 16.3 Å². The van der Waals surface area contributed by atoms with Gasteiger partial charge in [-0.3, -0.25) is 14.6 Å². The van der Waals surface area contributed by atoms with E-state index in [1.165, 1.54) is 0 Å². The molecule has 3 rings (SSSR count). The Morgan fingerprint density at radius 3 is 2.26 bits per heavy atom. The van der Waals surface area contributed by atoms with Crippen molar-refractivity contribution >= 4 is 46.6 Å². The Morgan fingerprint density at radius 1 is 0.882 bits per heavy atom. The molecule has 0 fully saturated rings. The first-order valence-electron chi connectivity index (χ1n) is 10.9. The molecule has 0 bridgehead atoms. The summed E-state index contributed by atoms with van der Waals surface area (Å²) >= 11 is 0. The number of hydrogen-bond donors (Lipinski definition) is 5. The molecule has 9 heteroatoms. The van der Waals surface area contributed by atoms with Gasteiger partial charge in [0.15, 0.2) is 5.96 Å². The smallest absolute Gasteiger partial charge is 0.246 e. The molecule has 0 spiro atoms. The van der Waals surface area contributed by atoms with Crippen LogP contribution in [0.5, 0.6) is 0 Å². The van der Waals surface area contributed by atoms with E-state index in [2.05, 4.69) is 15.6 Å². The lowest BCUT2D eigenvalue weighted by Gasteiger charge is -2.21. The average molecular weight is 483 g/mol. The lowest BCUT2D eigenvalue weighted by Crippen LogP contribution is -2.50. The largest absolute Gasteiger partial charge is 0.370 e. The quantitative estimate of drug-likeness (QED) is 0.171. The van der Waals surface area contributed by atoms with E-state index < -0.39 is 12.1 Å². The van der Waals surface area contributed by atoms with E-state index in [1.807, 2.05) is 72.8 Å². The fourth-order valence-electron chi connectivity index (χ4n) is 3.51.